The molecule has 1 unspecified atom stereocenters. The lowest BCUT2D eigenvalue weighted by Crippen LogP contribution is -2.46. The standard InChI is InChI=1S/C20H25Cl3O3/c1-19-9-8-14-13-5-3-12(24)10-11(13)2-4-15(14)16(19)6-7-17(19)26-18(25)20(21,22)23/h3,5,10,14-18,24-25H,2,4,6-9H2,1H3/t14-,15+,16-,17-,18?,19-/m0/s1. The van der Waals surface area contributed by atoms with E-state index < -0.39 is 10.1 Å². The number of phenolic OH excluding ortho intramolecular Hbond substituents is 1. The van der Waals surface area contributed by atoms with E-state index in [0.29, 0.717) is 23.5 Å². The third kappa shape index (κ3) is 3.14. The second kappa shape index (κ2) is 6.70. The predicted octanol–water partition coefficient (Wildman–Crippen LogP) is 5.32. The van der Waals surface area contributed by atoms with Gasteiger partial charge in [0.2, 0.25) is 10.1 Å². The fourth-order valence-corrected chi connectivity index (χ4v) is 6.13. The summed E-state index contributed by atoms with van der Waals surface area (Å²) >= 11 is 17.4. The van der Waals surface area contributed by atoms with E-state index in [-0.39, 0.29) is 11.5 Å². The molecule has 0 radical (unpaired) electrons. The summed E-state index contributed by atoms with van der Waals surface area (Å²) in [6.07, 6.45) is 4.78. The average Bonchev–Trinajstić information content (AvgIpc) is 2.90. The summed E-state index contributed by atoms with van der Waals surface area (Å²) < 4.78 is 4.02. The molecule has 0 heterocycles. The molecule has 3 aliphatic carbocycles. The first kappa shape index (κ1) is 19.1. The molecule has 2 fully saturated rings. The van der Waals surface area contributed by atoms with Gasteiger partial charge in [0.25, 0.3) is 0 Å². The van der Waals surface area contributed by atoms with Gasteiger partial charge in [-0.3, -0.25) is 0 Å². The molecule has 2 saturated carbocycles. The highest BCUT2D eigenvalue weighted by Gasteiger charge is 2.56. The van der Waals surface area contributed by atoms with Gasteiger partial charge in [0.15, 0.2) is 0 Å². The molecular formula is C20H25Cl3O3. The van der Waals surface area contributed by atoms with Crippen molar-refractivity contribution in [1.82, 2.24) is 0 Å². The van der Waals surface area contributed by atoms with Gasteiger partial charge in [0, 0.05) is 0 Å². The number of alkyl halides is 3. The van der Waals surface area contributed by atoms with E-state index in [4.69, 9.17) is 39.5 Å². The van der Waals surface area contributed by atoms with Crippen LogP contribution in [0.3, 0.4) is 0 Å². The molecule has 1 aromatic carbocycles. The van der Waals surface area contributed by atoms with E-state index in [0.717, 1.165) is 38.5 Å². The number of ether oxygens (including phenoxy) is 1. The molecule has 6 atom stereocenters. The number of aliphatic hydroxyl groups excluding tert-OH is 1. The van der Waals surface area contributed by atoms with Crippen molar-refractivity contribution in [2.24, 2.45) is 17.3 Å². The average molecular weight is 420 g/mol. The zero-order valence-corrected chi connectivity index (χ0v) is 17.1. The Morgan fingerprint density at radius 3 is 2.69 bits per heavy atom. The summed E-state index contributed by atoms with van der Waals surface area (Å²) in [4.78, 5) is 0. The van der Waals surface area contributed by atoms with E-state index in [1.807, 2.05) is 12.1 Å². The number of rotatable bonds is 2. The van der Waals surface area contributed by atoms with Crippen LogP contribution in [0.4, 0.5) is 0 Å². The molecule has 0 amide bonds. The third-order valence-corrected chi connectivity index (χ3v) is 7.76. The summed E-state index contributed by atoms with van der Waals surface area (Å²) in [5, 5.41) is 19.9. The molecular weight excluding hydrogens is 395 g/mol. The fraction of sp³-hybridized carbons (Fsp3) is 0.700. The minimum absolute atomic E-state index is 0.00643. The van der Waals surface area contributed by atoms with Crippen LogP contribution in [0.15, 0.2) is 18.2 Å². The predicted molar refractivity (Wildman–Crippen MR) is 104 cm³/mol. The molecule has 0 aromatic heterocycles. The van der Waals surface area contributed by atoms with Crippen molar-refractivity contribution < 1.29 is 14.9 Å². The van der Waals surface area contributed by atoms with E-state index in [1.165, 1.54) is 11.1 Å². The van der Waals surface area contributed by atoms with Gasteiger partial charge in [-0.2, -0.15) is 0 Å². The number of hydrogen-bond donors (Lipinski definition) is 2. The number of aliphatic hydroxyl groups is 1. The van der Waals surface area contributed by atoms with Crippen LogP contribution in [-0.4, -0.2) is 26.4 Å². The van der Waals surface area contributed by atoms with Gasteiger partial charge in [0.05, 0.1) is 6.10 Å². The summed E-state index contributed by atoms with van der Waals surface area (Å²) in [6.45, 7) is 2.28. The monoisotopic (exact) mass is 418 g/mol. The fourth-order valence-electron chi connectivity index (χ4n) is 5.98. The van der Waals surface area contributed by atoms with Crippen molar-refractivity contribution in [2.75, 3.05) is 0 Å². The molecule has 0 spiro atoms. The van der Waals surface area contributed by atoms with E-state index >= 15 is 0 Å². The largest absolute Gasteiger partial charge is 0.508 e. The zero-order chi connectivity index (χ0) is 18.7. The first-order valence-corrected chi connectivity index (χ1v) is 10.6. The molecule has 0 bridgehead atoms. The Bertz CT molecular complexity index is 689. The van der Waals surface area contributed by atoms with Gasteiger partial charge < -0.3 is 14.9 Å². The first-order chi connectivity index (χ1) is 12.2. The van der Waals surface area contributed by atoms with Crippen LogP contribution in [0.2, 0.25) is 0 Å². The smallest absolute Gasteiger partial charge is 0.240 e. The molecule has 3 nitrogen and oxygen atoms in total. The summed E-state index contributed by atoms with van der Waals surface area (Å²) in [6, 6.07) is 5.85. The second-order valence-electron chi connectivity index (χ2n) is 8.44. The molecule has 26 heavy (non-hydrogen) atoms. The molecule has 4 rings (SSSR count). The highest BCUT2D eigenvalue weighted by molar-refractivity contribution is 6.67. The maximum atomic E-state index is 10.1. The number of hydrogen-bond acceptors (Lipinski definition) is 3. The van der Waals surface area contributed by atoms with Crippen LogP contribution in [0.1, 0.15) is 56.1 Å². The molecule has 6 heteroatoms. The molecule has 2 N–H and O–H groups in total. The summed E-state index contributed by atoms with van der Waals surface area (Å²) in [5.74, 6) is 2.08. The minimum Gasteiger partial charge on any atom is -0.508 e. The van der Waals surface area contributed by atoms with Gasteiger partial charge in [0.1, 0.15) is 5.75 Å². The normalized spacial score (nSPS) is 37.6. The third-order valence-electron chi connectivity index (χ3n) is 7.20. The molecule has 0 saturated heterocycles. The lowest BCUT2D eigenvalue weighted by Gasteiger charge is -2.51. The van der Waals surface area contributed by atoms with Gasteiger partial charge in [-0.1, -0.05) is 47.8 Å². The minimum atomic E-state index is -1.82. The number of aryl methyl sites for hydroxylation is 1. The van der Waals surface area contributed by atoms with Crippen molar-refractivity contribution in [1.29, 1.82) is 0 Å². The summed E-state index contributed by atoms with van der Waals surface area (Å²) in [7, 11) is 0. The maximum Gasteiger partial charge on any atom is 0.240 e. The van der Waals surface area contributed by atoms with Crippen molar-refractivity contribution >= 4 is 34.8 Å². The summed E-state index contributed by atoms with van der Waals surface area (Å²) in [5.41, 5.74) is 2.71. The Morgan fingerprint density at radius 1 is 1.19 bits per heavy atom. The van der Waals surface area contributed by atoms with Crippen LogP contribution in [0, 0.1) is 17.3 Å². The van der Waals surface area contributed by atoms with Crippen LogP contribution in [0.5, 0.6) is 5.75 Å². The Kier molecular flexibility index (Phi) is 4.93. The Balaban J connectivity index is 1.56. The quantitative estimate of drug-likeness (QED) is 0.503. The lowest BCUT2D eigenvalue weighted by molar-refractivity contribution is -0.171. The Morgan fingerprint density at radius 2 is 1.96 bits per heavy atom. The topological polar surface area (TPSA) is 49.7 Å². The molecule has 1 aromatic rings. The molecule has 3 aliphatic rings. The van der Waals surface area contributed by atoms with Crippen LogP contribution in [-0.2, 0) is 11.2 Å². The lowest BCUT2D eigenvalue weighted by atomic mass is 9.55. The van der Waals surface area contributed by atoms with Crippen molar-refractivity contribution in [3.8, 4) is 5.75 Å². The number of aromatic hydroxyl groups is 1. The number of phenols is 1. The van der Waals surface area contributed by atoms with Crippen molar-refractivity contribution in [3.05, 3.63) is 29.3 Å². The van der Waals surface area contributed by atoms with Crippen LogP contribution >= 0.6 is 34.8 Å². The number of halogens is 3. The SMILES string of the molecule is C[C@]12CC[C@H]3c4ccc(O)cc4CC[C@H]3[C@@H]1CC[C@@H]2OC(O)C(Cl)(Cl)Cl. The molecule has 0 aliphatic heterocycles. The second-order valence-corrected chi connectivity index (χ2v) is 10.8. The highest BCUT2D eigenvalue weighted by Crippen LogP contribution is 2.62. The highest BCUT2D eigenvalue weighted by atomic mass is 35.6. The number of benzene rings is 1. The first-order valence-electron chi connectivity index (χ1n) is 9.42. The Labute approximate surface area is 169 Å². The van der Waals surface area contributed by atoms with Gasteiger partial charge >= 0.3 is 0 Å². The maximum absolute atomic E-state index is 10.1. The van der Waals surface area contributed by atoms with E-state index in [1.54, 1.807) is 0 Å². The van der Waals surface area contributed by atoms with Crippen LogP contribution < -0.4 is 0 Å². The molecule has 144 valence electrons. The van der Waals surface area contributed by atoms with Gasteiger partial charge in [-0.25, -0.2) is 0 Å². The van der Waals surface area contributed by atoms with E-state index in [9.17, 15) is 10.2 Å². The zero-order valence-electron chi connectivity index (χ0n) is 14.8. The van der Waals surface area contributed by atoms with Crippen LogP contribution in [0.25, 0.3) is 0 Å². The van der Waals surface area contributed by atoms with Gasteiger partial charge in [-0.05, 0) is 85.0 Å². The van der Waals surface area contributed by atoms with Gasteiger partial charge in [-0.15, -0.1) is 0 Å². The van der Waals surface area contributed by atoms with Crippen molar-refractivity contribution in [3.63, 3.8) is 0 Å². The number of fused-ring (bicyclic) bond motifs is 5. The van der Waals surface area contributed by atoms with E-state index in [2.05, 4.69) is 13.0 Å². The Hall–Kier alpha value is -0.190. The van der Waals surface area contributed by atoms with Crippen molar-refractivity contribution in [2.45, 2.75) is 67.6 Å².